The first-order chi connectivity index (χ1) is 14.4. The SMILES string of the molecule is O=C(CN1CCN(S(=O)(=O)c2cccs2)CC1)NC(=O)Nc1ccc2c(c1)OCO2. The van der Waals surface area contributed by atoms with Crippen molar-refractivity contribution in [2.24, 2.45) is 0 Å². The molecule has 0 bridgehead atoms. The first kappa shape index (κ1) is 20.6. The van der Waals surface area contributed by atoms with Gasteiger partial charge in [-0.25, -0.2) is 13.2 Å². The molecule has 2 aromatic rings. The van der Waals surface area contributed by atoms with Crippen molar-refractivity contribution in [3.8, 4) is 11.5 Å². The predicted molar refractivity (Wildman–Crippen MR) is 109 cm³/mol. The second kappa shape index (κ2) is 8.60. The number of hydrogen-bond donors (Lipinski definition) is 2. The minimum atomic E-state index is -3.49. The van der Waals surface area contributed by atoms with Crippen LogP contribution in [0.15, 0.2) is 39.9 Å². The smallest absolute Gasteiger partial charge is 0.325 e. The highest BCUT2D eigenvalue weighted by molar-refractivity contribution is 7.91. The van der Waals surface area contributed by atoms with Gasteiger partial charge in [-0.3, -0.25) is 15.0 Å². The molecule has 0 spiro atoms. The lowest BCUT2D eigenvalue weighted by atomic mass is 10.3. The average molecular weight is 453 g/mol. The highest BCUT2D eigenvalue weighted by Crippen LogP contribution is 2.34. The van der Waals surface area contributed by atoms with Crippen LogP contribution in [0.1, 0.15) is 0 Å². The van der Waals surface area contributed by atoms with E-state index in [2.05, 4.69) is 10.6 Å². The van der Waals surface area contributed by atoms with E-state index in [0.29, 0.717) is 34.5 Å². The summed E-state index contributed by atoms with van der Waals surface area (Å²) in [5, 5.41) is 6.57. The molecule has 10 nitrogen and oxygen atoms in total. The first-order valence-corrected chi connectivity index (χ1v) is 11.5. The Morgan fingerprint density at radius 1 is 1.07 bits per heavy atom. The Balaban J connectivity index is 1.23. The molecule has 1 saturated heterocycles. The van der Waals surface area contributed by atoms with Crippen LogP contribution >= 0.6 is 11.3 Å². The van der Waals surface area contributed by atoms with E-state index in [1.54, 1.807) is 35.7 Å². The number of urea groups is 1. The number of carbonyl (C=O) groups excluding carboxylic acids is 2. The number of imide groups is 1. The standard InChI is InChI=1S/C18H20N4O6S2/c23-16(20-18(24)19-13-3-4-14-15(10-13)28-12-27-14)11-21-5-7-22(8-6-21)30(25,26)17-2-1-9-29-17/h1-4,9-10H,5-8,11-12H2,(H2,19,20,23,24). The van der Waals surface area contributed by atoms with Crippen LogP contribution < -0.4 is 20.1 Å². The summed E-state index contributed by atoms with van der Waals surface area (Å²) < 4.78 is 37.3. The van der Waals surface area contributed by atoms with Gasteiger partial charge in [0.15, 0.2) is 11.5 Å². The number of anilines is 1. The Hall–Kier alpha value is -2.67. The molecule has 4 rings (SSSR count). The van der Waals surface area contributed by atoms with Gasteiger partial charge in [0.2, 0.25) is 12.7 Å². The number of carbonyl (C=O) groups is 2. The summed E-state index contributed by atoms with van der Waals surface area (Å²) in [5.74, 6) is 0.648. The third-order valence-corrected chi connectivity index (χ3v) is 7.94. The van der Waals surface area contributed by atoms with E-state index in [1.165, 1.54) is 15.6 Å². The largest absolute Gasteiger partial charge is 0.454 e. The molecular weight excluding hydrogens is 432 g/mol. The van der Waals surface area contributed by atoms with E-state index in [-0.39, 0.29) is 26.4 Å². The fourth-order valence-electron chi connectivity index (χ4n) is 3.17. The molecule has 1 aromatic carbocycles. The Kier molecular flexibility index (Phi) is 5.90. The molecule has 0 atom stereocenters. The van der Waals surface area contributed by atoms with Crippen LogP contribution in [0.3, 0.4) is 0 Å². The number of nitrogens with zero attached hydrogens (tertiary/aromatic N) is 2. The Bertz CT molecular complexity index is 1030. The maximum absolute atomic E-state index is 12.5. The van der Waals surface area contributed by atoms with Crippen LogP contribution in [0, 0.1) is 0 Å². The highest BCUT2D eigenvalue weighted by atomic mass is 32.2. The summed E-state index contributed by atoms with van der Waals surface area (Å²) >= 11 is 1.18. The molecule has 2 N–H and O–H groups in total. The van der Waals surface area contributed by atoms with E-state index in [9.17, 15) is 18.0 Å². The van der Waals surface area contributed by atoms with E-state index in [1.807, 2.05) is 4.90 Å². The number of benzene rings is 1. The van der Waals surface area contributed by atoms with Crippen molar-refractivity contribution in [2.45, 2.75) is 4.21 Å². The van der Waals surface area contributed by atoms with Crippen molar-refractivity contribution in [1.29, 1.82) is 0 Å². The third kappa shape index (κ3) is 4.56. The summed E-state index contributed by atoms with van der Waals surface area (Å²) in [6.07, 6.45) is 0. The van der Waals surface area contributed by atoms with Crippen molar-refractivity contribution < 1.29 is 27.5 Å². The normalized spacial score (nSPS) is 16.9. The van der Waals surface area contributed by atoms with E-state index < -0.39 is 22.0 Å². The number of amides is 3. The zero-order chi connectivity index (χ0) is 21.1. The van der Waals surface area contributed by atoms with Gasteiger partial charge in [-0.1, -0.05) is 6.07 Å². The fraction of sp³-hybridized carbons (Fsp3) is 0.333. The number of hydrogen-bond acceptors (Lipinski definition) is 8. The molecule has 3 amide bonds. The third-order valence-electron chi connectivity index (χ3n) is 4.67. The van der Waals surface area contributed by atoms with Crippen molar-refractivity contribution in [3.05, 3.63) is 35.7 Å². The summed E-state index contributed by atoms with van der Waals surface area (Å²) in [5.41, 5.74) is 0.469. The van der Waals surface area contributed by atoms with Gasteiger partial charge in [0.25, 0.3) is 10.0 Å². The zero-order valence-corrected chi connectivity index (χ0v) is 17.5. The minimum absolute atomic E-state index is 0.00144. The maximum Gasteiger partial charge on any atom is 0.325 e. The molecule has 0 radical (unpaired) electrons. The Labute approximate surface area is 177 Å². The maximum atomic E-state index is 12.5. The average Bonchev–Trinajstić information content (AvgIpc) is 3.40. The second-order valence-corrected chi connectivity index (χ2v) is 9.80. The number of nitrogens with one attached hydrogen (secondary N) is 2. The van der Waals surface area contributed by atoms with E-state index in [0.717, 1.165) is 0 Å². The molecule has 0 aliphatic carbocycles. The summed E-state index contributed by atoms with van der Waals surface area (Å²) in [4.78, 5) is 26.0. The van der Waals surface area contributed by atoms with Crippen LogP contribution in [0.2, 0.25) is 0 Å². The minimum Gasteiger partial charge on any atom is -0.454 e. The fourth-order valence-corrected chi connectivity index (χ4v) is 5.74. The van der Waals surface area contributed by atoms with Crippen LogP contribution in [-0.4, -0.2) is 69.1 Å². The van der Waals surface area contributed by atoms with Crippen molar-refractivity contribution in [2.75, 3.05) is 44.8 Å². The number of rotatable bonds is 5. The number of piperazine rings is 1. The number of thiophene rings is 1. The summed E-state index contributed by atoms with van der Waals surface area (Å²) in [7, 11) is -3.49. The van der Waals surface area contributed by atoms with Crippen LogP contribution in [0.5, 0.6) is 11.5 Å². The van der Waals surface area contributed by atoms with Gasteiger partial charge in [0.1, 0.15) is 4.21 Å². The first-order valence-electron chi connectivity index (χ1n) is 9.18. The van der Waals surface area contributed by atoms with Gasteiger partial charge in [0.05, 0.1) is 6.54 Å². The van der Waals surface area contributed by atoms with Crippen LogP contribution in [0.4, 0.5) is 10.5 Å². The van der Waals surface area contributed by atoms with Gasteiger partial charge in [-0.05, 0) is 23.6 Å². The van der Waals surface area contributed by atoms with Gasteiger partial charge >= 0.3 is 6.03 Å². The van der Waals surface area contributed by atoms with Crippen LogP contribution in [0.25, 0.3) is 0 Å². The summed E-state index contributed by atoms with van der Waals surface area (Å²) in [6, 6.07) is 7.55. The predicted octanol–water partition coefficient (Wildman–Crippen LogP) is 1.13. The Morgan fingerprint density at radius 2 is 1.83 bits per heavy atom. The van der Waals surface area contributed by atoms with Crippen molar-refractivity contribution in [1.82, 2.24) is 14.5 Å². The second-order valence-electron chi connectivity index (χ2n) is 6.68. The molecule has 12 heteroatoms. The molecule has 0 saturated carbocycles. The molecule has 1 aromatic heterocycles. The Morgan fingerprint density at radius 3 is 2.57 bits per heavy atom. The van der Waals surface area contributed by atoms with Gasteiger partial charge in [0, 0.05) is 37.9 Å². The zero-order valence-electron chi connectivity index (χ0n) is 15.9. The van der Waals surface area contributed by atoms with Crippen molar-refractivity contribution in [3.63, 3.8) is 0 Å². The van der Waals surface area contributed by atoms with Gasteiger partial charge in [-0.2, -0.15) is 4.31 Å². The molecule has 30 heavy (non-hydrogen) atoms. The molecule has 0 unspecified atom stereocenters. The molecule has 1 fully saturated rings. The lowest BCUT2D eigenvalue weighted by Crippen LogP contribution is -2.51. The molecule has 2 aliphatic rings. The topological polar surface area (TPSA) is 117 Å². The monoisotopic (exact) mass is 452 g/mol. The van der Waals surface area contributed by atoms with E-state index >= 15 is 0 Å². The van der Waals surface area contributed by atoms with E-state index in [4.69, 9.17) is 9.47 Å². The lowest BCUT2D eigenvalue weighted by Gasteiger charge is -2.33. The number of fused-ring (bicyclic) bond motifs is 1. The molecular formula is C18H20N4O6S2. The molecule has 2 aliphatic heterocycles. The van der Waals surface area contributed by atoms with Crippen molar-refractivity contribution >= 4 is 39.0 Å². The van der Waals surface area contributed by atoms with Gasteiger partial charge in [-0.15, -0.1) is 11.3 Å². The number of ether oxygens (including phenoxy) is 2. The highest BCUT2D eigenvalue weighted by Gasteiger charge is 2.29. The van der Waals surface area contributed by atoms with Gasteiger partial charge < -0.3 is 14.8 Å². The lowest BCUT2D eigenvalue weighted by molar-refractivity contribution is -0.121. The number of sulfonamides is 1. The van der Waals surface area contributed by atoms with Crippen LogP contribution in [-0.2, 0) is 14.8 Å². The summed E-state index contributed by atoms with van der Waals surface area (Å²) in [6.45, 7) is 1.52. The molecule has 3 heterocycles. The quantitative estimate of drug-likeness (QED) is 0.698. The molecule has 160 valence electrons.